The second kappa shape index (κ2) is 5.85. The lowest BCUT2D eigenvalue weighted by Gasteiger charge is -2.19. The van der Waals surface area contributed by atoms with Crippen LogP contribution in [0.5, 0.6) is 0 Å². The molecule has 1 rings (SSSR count). The first kappa shape index (κ1) is 12.2. The Kier molecular flexibility index (Phi) is 4.74. The summed E-state index contributed by atoms with van der Waals surface area (Å²) in [5, 5.41) is 0. The molecule has 0 aromatic carbocycles. The smallest absolute Gasteiger partial charge is 0.216 e. The molecule has 0 amide bonds. The number of ether oxygens (including phenoxy) is 3. The highest BCUT2D eigenvalue weighted by Gasteiger charge is 2.18. The van der Waals surface area contributed by atoms with Crippen molar-refractivity contribution in [1.29, 1.82) is 0 Å². The minimum absolute atomic E-state index is 0.0692. The Hall–Kier alpha value is -0.910. The van der Waals surface area contributed by atoms with Gasteiger partial charge in [0.1, 0.15) is 6.23 Å². The van der Waals surface area contributed by atoms with Crippen molar-refractivity contribution >= 4 is 0 Å². The van der Waals surface area contributed by atoms with Gasteiger partial charge in [-0.25, -0.2) is 4.98 Å². The van der Waals surface area contributed by atoms with E-state index in [1.165, 1.54) is 0 Å². The topological polar surface area (TPSA) is 45.5 Å². The Morgan fingerprint density at radius 3 is 2.60 bits per heavy atom. The Bertz CT molecular complexity index is 284. The van der Waals surface area contributed by atoms with Gasteiger partial charge in [0, 0.05) is 33.2 Å². The molecule has 5 heteroatoms. The quantitative estimate of drug-likeness (QED) is 0.676. The van der Waals surface area contributed by atoms with E-state index in [2.05, 4.69) is 4.98 Å². The average Bonchev–Trinajstić information content (AvgIpc) is 2.69. The highest BCUT2D eigenvalue weighted by Crippen LogP contribution is 2.19. The lowest BCUT2D eigenvalue weighted by atomic mass is 10.5. The molecule has 0 radical (unpaired) electrons. The molecule has 0 aliphatic rings. The van der Waals surface area contributed by atoms with Crippen LogP contribution in [0.15, 0.2) is 12.4 Å². The Labute approximate surface area is 90.0 Å². The number of imidazole rings is 1. The molecule has 0 fully saturated rings. The molecule has 15 heavy (non-hydrogen) atoms. The fourth-order valence-electron chi connectivity index (χ4n) is 1.44. The summed E-state index contributed by atoms with van der Waals surface area (Å²) in [5.41, 5.74) is 0. The third-order valence-electron chi connectivity index (χ3n) is 2.14. The van der Waals surface area contributed by atoms with E-state index in [9.17, 15) is 0 Å². The first-order chi connectivity index (χ1) is 7.24. The summed E-state index contributed by atoms with van der Waals surface area (Å²) in [6, 6.07) is 0. The highest BCUT2D eigenvalue weighted by atomic mass is 16.7. The van der Waals surface area contributed by atoms with Crippen molar-refractivity contribution in [1.82, 2.24) is 9.55 Å². The summed E-state index contributed by atoms with van der Waals surface area (Å²) in [5.74, 6) is 0.709. The van der Waals surface area contributed by atoms with Crippen LogP contribution in [0.2, 0.25) is 0 Å². The summed E-state index contributed by atoms with van der Waals surface area (Å²) in [6.45, 7) is 4.57. The van der Waals surface area contributed by atoms with Crippen LogP contribution >= 0.6 is 0 Å². The van der Waals surface area contributed by atoms with Crippen LogP contribution in [0, 0.1) is 0 Å². The van der Waals surface area contributed by atoms with Crippen molar-refractivity contribution in [2.75, 3.05) is 20.8 Å². The third-order valence-corrected chi connectivity index (χ3v) is 2.14. The summed E-state index contributed by atoms with van der Waals surface area (Å²) in [6.07, 6.45) is 3.03. The molecule has 0 saturated heterocycles. The van der Waals surface area contributed by atoms with E-state index in [1.54, 1.807) is 20.4 Å². The highest BCUT2D eigenvalue weighted by molar-refractivity contribution is 4.95. The summed E-state index contributed by atoms with van der Waals surface area (Å²) < 4.78 is 17.7. The van der Waals surface area contributed by atoms with Crippen molar-refractivity contribution < 1.29 is 14.2 Å². The predicted molar refractivity (Wildman–Crippen MR) is 55.3 cm³/mol. The molecule has 0 aliphatic heterocycles. The molecule has 1 aromatic rings. The standard InChI is InChI=1S/C10H18N2O3/c1-5-15-8(2)12-7-6-11-9(12)10(13-3)14-4/h6-8,10H,5H2,1-4H3. The lowest BCUT2D eigenvalue weighted by Crippen LogP contribution is -2.16. The molecule has 1 aromatic heterocycles. The van der Waals surface area contributed by atoms with E-state index in [-0.39, 0.29) is 6.23 Å². The monoisotopic (exact) mass is 214 g/mol. The van der Waals surface area contributed by atoms with Crippen LogP contribution in [0.3, 0.4) is 0 Å². The van der Waals surface area contributed by atoms with Gasteiger partial charge in [0.25, 0.3) is 0 Å². The minimum atomic E-state index is -0.456. The van der Waals surface area contributed by atoms with Crippen LogP contribution in [0.4, 0.5) is 0 Å². The van der Waals surface area contributed by atoms with E-state index in [4.69, 9.17) is 14.2 Å². The van der Waals surface area contributed by atoms with Crippen LogP contribution < -0.4 is 0 Å². The zero-order valence-electron chi connectivity index (χ0n) is 9.64. The van der Waals surface area contributed by atoms with Crippen LogP contribution in [-0.4, -0.2) is 30.4 Å². The van der Waals surface area contributed by atoms with E-state index in [0.29, 0.717) is 12.4 Å². The van der Waals surface area contributed by atoms with Gasteiger partial charge in [0.05, 0.1) is 0 Å². The Morgan fingerprint density at radius 2 is 2.07 bits per heavy atom. The van der Waals surface area contributed by atoms with Crippen molar-refractivity contribution in [2.24, 2.45) is 0 Å². The second-order valence-electron chi connectivity index (χ2n) is 3.05. The minimum Gasteiger partial charge on any atom is -0.359 e. The third kappa shape index (κ3) is 2.77. The maximum Gasteiger partial charge on any atom is 0.216 e. The zero-order valence-corrected chi connectivity index (χ0v) is 9.64. The molecule has 1 unspecified atom stereocenters. The average molecular weight is 214 g/mol. The van der Waals surface area contributed by atoms with E-state index in [0.717, 1.165) is 0 Å². The van der Waals surface area contributed by atoms with Gasteiger partial charge in [-0.05, 0) is 13.8 Å². The van der Waals surface area contributed by atoms with Crippen LogP contribution in [0.25, 0.3) is 0 Å². The summed E-state index contributed by atoms with van der Waals surface area (Å²) in [4.78, 5) is 4.19. The van der Waals surface area contributed by atoms with Gasteiger partial charge in [-0.2, -0.15) is 0 Å². The molecule has 0 N–H and O–H groups in total. The van der Waals surface area contributed by atoms with Crippen molar-refractivity contribution in [3.63, 3.8) is 0 Å². The Morgan fingerprint density at radius 1 is 1.40 bits per heavy atom. The number of methoxy groups -OCH3 is 2. The molecule has 1 atom stereocenters. The molecule has 0 spiro atoms. The van der Waals surface area contributed by atoms with E-state index >= 15 is 0 Å². The van der Waals surface area contributed by atoms with Gasteiger partial charge in [-0.15, -0.1) is 0 Å². The number of hydrogen-bond donors (Lipinski definition) is 0. The zero-order chi connectivity index (χ0) is 11.3. The second-order valence-corrected chi connectivity index (χ2v) is 3.05. The first-order valence-electron chi connectivity index (χ1n) is 4.94. The maximum absolute atomic E-state index is 5.48. The van der Waals surface area contributed by atoms with Crippen molar-refractivity contribution in [3.05, 3.63) is 18.2 Å². The van der Waals surface area contributed by atoms with E-state index in [1.807, 2.05) is 24.6 Å². The van der Waals surface area contributed by atoms with Crippen LogP contribution in [0.1, 0.15) is 32.2 Å². The van der Waals surface area contributed by atoms with Crippen molar-refractivity contribution in [2.45, 2.75) is 26.4 Å². The predicted octanol–water partition coefficient (Wildman–Crippen LogP) is 1.73. The molecule has 86 valence electrons. The molecule has 0 saturated carbocycles. The normalized spacial score (nSPS) is 13.4. The molecular formula is C10H18N2O3. The molecular weight excluding hydrogens is 196 g/mol. The van der Waals surface area contributed by atoms with Gasteiger partial charge in [0.2, 0.25) is 6.29 Å². The molecule has 0 bridgehead atoms. The van der Waals surface area contributed by atoms with Crippen LogP contribution in [-0.2, 0) is 14.2 Å². The number of hydrogen-bond acceptors (Lipinski definition) is 4. The van der Waals surface area contributed by atoms with Gasteiger partial charge in [0.15, 0.2) is 5.82 Å². The van der Waals surface area contributed by atoms with Gasteiger partial charge < -0.3 is 18.8 Å². The van der Waals surface area contributed by atoms with Gasteiger partial charge in [-0.3, -0.25) is 0 Å². The van der Waals surface area contributed by atoms with Crippen molar-refractivity contribution in [3.8, 4) is 0 Å². The van der Waals surface area contributed by atoms with E-state index < -0.39 is 6.29 Å². The van der Waals surface area contributed by atoms with Gasteiger partial charge in [-0.1, -0.05) is 0 Å². The molecule has 1 heterocycles. The SMILES string of the molecule is CCOC(C)n1ccnc1C(OC)OC. The number of rotatable bonds is 6. The molecule has 5 nitrogen and oxygen atoms in total. The molecule has 0 aliphatic carbocycles. The number of nitrogens with zero attached hydrogens (tertiary/aromatic N) is 2. The largest absolute Gasteiger partial charge is 0.359 e. The fraction of sp³-hybridized carbons (Fsp3) is 0.700. The first-order valence-corrected chi connectivity index (χ1v) is 4.94. The number of aromatic nitrogens is 2. The van der Waals surface area contributed by atoms with Gasteiger partial charge >= 0.3 is 0 Å². The fourth-order valence-corrected chi connectivity index (χ4v) is 1.44. The summed E-state index contributed by atoms with van der Waals surface area (Å²) in [7, 11) is 3.16. The summed E-state index contributed by atoms with van der Waals surface area (Å²) >= 11 is 0. The lowest BCUT2D eigenvalue weighted by molar-refractivity contribution is -0.117. The Balaban J connectivity index is 2.84. The maximum atomic E-state index is 5.48.